The topological polar surface area (TPSA) is 78.7 Å². The van der Waals surface area contributed by atoms with Crippen LogP contribution in [-0.2, 0) is 10.2 Å². The van der Waals surface area contributed by atoms with Crippen LogP contribution in [0.4, 0.5) is 5.69 Å². The van der Waals surface area contributed by atoms with Crippen molar-refractivity contribution in [1.29, 1.82) is 0 Å². The number of nitrogens with one attached hydrogen (secondary N) is 1. The number of halogens is 1. The quantitative estimate of drug-likeness (QED) is 0.723. The fraction of sp³-hybridized carbons (Fsp3) is 0.560. The van der Waals surface area contributed by atoms with E-state index in [1.807, 2.05) is 25.2 Å². The predicted molar refractivity (Wildman–Crippen MR) is 125 cm³/mol. The van der Waals surface area contributed by atoms with Gasteiger partial charge in [-0.1, -0.05) is 16.8 Å². The summed E-state index contributed by atoms with van der Waals surface area (Å²) in [5.74, 6) is 1.43. The van der Waals surface area contributed by atoms with Crippen molar-refractivity contribution in [2.45, 2.75) is 55.9 Å². The number of hydrogen-bond acceptors (Lipinski definition) is 5. The van der Waals surface area contributed by atoms with Crippen molar-refractivity contribution in [2.75, 3.05) is 31.6 Å². The highest BCUT2D eigenvalue weighted by molar-refractivity contribution is 6.31. The second-order valence-electron chi connectivity index (χ2n) is 10.3. The molecule has 2 aromatic rings. The summed E-state index contributed by atoms with van der Waals surface area (Å²) in [6, 6.07) is 7.80. The Labute approximate surface area is 198 Å². The van der Waals surface area contributed by atoms with Gasteiger partial charge in [-0.15, -0.1) is 0 Å². The van der Waals surface area contributed by atoms with Gasteiger partial charge in [-0.3, -0.25) is 9.59 Å². The van der Waals surface area contributed by atoms with Gasteiger partial charge in [0, 0.05) is 42.3 Å². The van der Waals surface area contributed by atoms with Crippen molar-refractivity contribution in [2.24, 2.45) is 5.92 Å². The molecule has 1 spiro atoms. The number of nitrogens with zero attached hydrogens (tertiary/aromatic N) is 3. The lowest BCUT2D eigenvalue weighted by molar-refractivity contribution is -0.124. The molecule has 1 N–H and O–H groups in total. The number of carbonyl (C=O) groups is 2. The summed E-state index contributed by atoms with van der Waals surface area (Å²) in [7, 11) is 1.87. The van der Waals surface area contributed by atoms with Gasteiger partial charge >= 0.3 is 0 Å². The van der Waals surface area contributed by atoms with Crippen LogP contribution in [0.15, 0.2) is 28.8 Å². The smallest absolute Gasteiger partial charge is 0.290 e. The molecule has 2 aliphatic heterocycles. The Morgan fingerprint density at radius 1 is 1.24 bits per heavy atom. The van der Waals surface area contributed by atoms with E-state index in [0.717, 1.165) is 75.1 Å². The van der Waals surface area contributed by atoms with Crippen molar-refractivity contribution in [3.05, 3.63) is 46.3 Å². The number of anilines is 1. The SMILES string of the molecule is CN1C(=O)C2(CCN(CC3CC(NC(=O)c4cc(C5CC5)no4)C3)CC2)c2cc(Cl)ccc21. The van der Waals surface area contributed by atoms with Crippen molar-refractivity contribution < 1.29 is 14.1 Å². The van der Waals surface area contributed by atoms with Gasteiger partial charge in [0.05, 0.1) is 11.1 Å². The molecular weight excluding hydrogens is 440 g/mol. The molecule has 1 aromatic heterocycles. The number of likely N-dealkylation sites (tertiary alicyclic amines) is 1. The zero-order valence-corrected chi connectivity index (χ0v) is 19.6. The molecule has 6 rings (SSSR count). The summed E-state index contributed by atoms with van der Waals surface area (Å²) in [5.41, 5.74) is 2.56. The van der Waals surface area contributed by atoms with E-state index in [1.165, 1.54) is 0 Å². The molecule has 4 aliphatic rings. The number of amides is 2. The highest BCUT2D eigenvalue weighted by Crippen LogP contribution is 2.48. The number of likely N-dealkylation sites (N-methyl/N-ethyl adjacent to an activating group) is 1. The molecule has 1 saturated heterocycles. The first-order valence-corrected chi connectivity index (χ1v) is 12.4. The molecule has 2 amide bonds. The summed E-state index contributed by atoms with van der Waals surface area (Å²) in [6.45, 7) is 2.82. The third kappa shape index (κ3) is 3.66. The van der Waals surface area contributed by atoms with Gasteiger partial charge in [0.25, 0.3) is 5.91 Å². The van der Waals surface area contributed by atoms with Crippen LogP contribution in [0.3, 0.4) is 0 Å². The van der Waals surface area contributed by atoms with Gasteiger partial charge in [0.1, 0.15) is 0 Å². The normalized spacial score (nSPS) is 26.4. The molecule has 1 aromatic carbocycles. The fourth-order valence-electron chi connectivity index (χ4n) is 5.92. The number of piperidine rings is 1. The lowest BCUT2D eigenvalue weighted by atomic mass is 9.73. The van der Waals surface area contributed by atoms with E-state index >= 15 is 0 Å². The third-order valence-corrected chi connectivity index (χ3v) is 8.33. The van der Waals surface area contributed by atoms with Crippen LogP contribution < -0.4 is 10.2 Å². The van der Waals surface area contributed by atoms with Crippen molar-refractivity contribution >= 4 is 29.1 Å². The zero-order chi connectivity index (χ0) is 22.7. The van der Waals surface area contributed by atoms with Gasteiger partial charge in [-0.05, 0) is 81.3 Å². The Hall–Kier alpha value is -2.38. The van der Waals surface area contributed by atoms with Crippen LogP contribution in [0.2, 0.25) is 5.02 Å². The monoisotopic (exact) mass is 468 g/mol. The van der Waals surface area contributed by atoms with Gasteiger partial charge in [0.2, 0.25) is 11.7 Å². The second kappa shape index (κ2) is 7.84. The maximum Gasteiger partial charge on any atom is 0.290 e. The minimum Gasteiger partial charge on any atom is -0.351 e. The first-order chi connectivity index (χ1) is 15.9. The highest BCUT2D eigenvalue weighted by Gasteiger charge is 2.51. The first kappa shape index (κ1) is 21.2. The number of benzene rings is 1. The van der Waals surface area contributed by atoms with E-state index in [-0.39, 0.29) is 17.9 Å². The number of rotatable bonds is 5. The van der Waals surface area contributed by atoms with Gasteiger partial charge in [-0.2, -0.15) is 0 Å². The van der Waals surface area contributed by atoms with Crippen molar-refractivity contribution in [1.82, 2.24) is 15.4 Å². The van der Waals surface area contributed by atoms with Crippen LogP contribution in [0.25, 0.3) is 0 Å². The lowest BCUT2D eigenvalue weighted by Gasteiger charge is -2.43. The second-order valence-corrected chi connectivity index (χ2v) is 10.7. The first-order valence-electron chi connectivity index (χ1n) is 12.0. The van der Waals surface area contributed by atoms with Crippen molar-refractivity contribution in [3.8, 4) is 0 Å². The number of aromatic nitrogens is 1. The lowest BCUT2D eigenvalue weighted by Crippen LogP contribution is -2.52. The predicted octanol–water partition coefficient (Wildman–Crippen LogP) is 3.72. The molecule has 0 unspecified atom stereocenters. The number of carbonyl (C=O) groups excluding carboxylic acids is 2. The highest BCUT2D eigenvalue weighted by atomic mass is 35.5. The molecule has 2 saturated carbocycles. The Balaban J connectivity index is 1.00. The van der Waals surface area contributed by atoms with Crippen LogP contribution >= 0.6 is 11.6 Å². The molecule has 0 atom stereocenters. The molecule has 0 bridgehead atoms. The van der Waals surface area contributed by atoms with Crippen LogP contribution in [0.1, 0.15) is 66.3 Å². The summed E-state index contributed by atoms with van der Waals surface area (Å²) in [6.07, 6.45) is 5.89. The van der Waals surface area contributed by atoms with Crippen LogP contribution in [-0.4, -0.2) is 54.6 Å². The molecule has 3 fully saturated rings. The molecule has 33 heavy (non-hydrogen) atoms. The Kier molecular flexibility index (Phi) is 5.03. The molecule has 8 heteroatoms. The van der Waals surface area contributed by atoms with E-state index < -0.39 is 5.41 Å². The molecule has 2 aliphatic carbocycles. The minimum atomic E-state index is -0.433. The number of hydrogen-bond donors (Lipinski definition) is 1. The van der Waals surface area contributed by atoms with Crippen molar-refractivity contribution in [3.63, 3.8) is 0 Å². The van der Waals surface area contributed by atoms with E-state index in [9.17, 15) is 9.59 Å². The summed E-state index contributed by atoms with van der Waals surface area (Å²) < 4.78 is 5.23. The van der Waals surface area contributed by atoms with Crippen LogP contribution in [0.5, 0.6) is 0 Å². The third-order valence-electron chi connectivity index (χ3n) is 8.09. The Bertz CT molecular complexity index is 1100. The number of fused-ring (bicyclic) bond motifs is 2. The van der Waals surface area contributed by atoms with Crippen LogP contribution in [0, 0.1) is 5.92 Å². The largest absolute Gasteiger partial charge is 0.351 e. The molecule has 174 valence electrons. The average molecular weight is 469 g/mol. The van der Waals surface area contributed by atoms with E-state index in [1.54, 1.807) is 11.0 Å². The molecule has 7 nitrogen and oxygen atoms in total. The molecular formula is C25H29ClN4O3. The zero-order valence-electron chi connectivity index (χ0n) is 18.8. The van der Waals surface area contributed by atoms with E-state index in [4.69, 9.17) is 16.1 Å². The summed E-state index contributed by atoms with van der Waals surface area (Å²) >= 11 is 6.27. The maximum absolute atomic E-state index is 13.2. The average Bonchev–Trinajstić information content (AvgIpc) is 3.49. The van der Waals surface area contributed by atoms with E-state index in [2.05, 4.69) is 15.4 Å². The Morgan fingerprint density at radius 3 is 2.73 bits per heavy atom. The maximum atomic E-state index is 13.2. The van der Waals surface area contributed by atoms with Gasteiger partial charge in [-0.25, -0.2) is 0 Å². The molecule has 3 heterocycles. The van der Waals surface area contributed by atoms with Gasteiger partial charge < -0.3 is 19.6 Å². The van der Waals surface area contributed by atoms with Gasteiger partial charge in [0.15, 0.2) is 0 Å². The minimum absolute atomic E-state index is 0.154. The van der Waals surface area contributed by atoms with E-state index in [0.29, 0.717) is 22.6 Å². The standard InChI is InChI=1S/C25H29ClN4O3/c1-29-21-5-4-17(26)12-19(21)25(24(29)32)6-8-30(9-7-25)14-15-10-18(11-15)27-23(31)22-13-20(28-33-22)16-2-3-16/h4-5,12-13,15-16,18H,2-3,6-11,14H2,1H3,(H,27,31). The summed E-state index contributed by atoms with van der Waals surface area (Å²) in [4.78, 5) is 29.9. The summed E-state index contributed by atoms with van der Waals surface area (Å²) in [5, 5.41) is 7.80. The Morgan fingerprint density at radius 2 is 2.00 bits per heavy atom. The fourth-order valence-corrected chi connectivity index (χ4v) is 6.09. The molecule has 0 radical (unpaired) electrons.